The van der Waals surface area contributed by atoms with E-state index in [0.29, 0.717) is 53.3 Å². The van der Waals surface area contributed by atoms with E-state index in [0.717, 1.165) is 35.9 Å². The molecule has 4 aromatic rings. The van der Waals surface area contributed by atoms with Gasteiger partial charge in [0.2, 0.25) is 0 Å². The number of rotatable bonds is 6. The predicted octanol–water partition coefficient (Wildman–Crippen LogP) is 5.92. The van der Waals surface area contributed by atoms with Gasteiger partial charge in [0.05, 0.1) is 6.20 Å². The maximum absolute atomic E-state index is 12.8. The van der Waals surface area contributed by atoms with Gasteiger partial charge < -0.3 is 34.3 Å². The van der Waals surface area contributed by atoms with Crippen LogP contribution in [0, 0.1) is 0 Å². The molecule has 0 spiro atoms. The molecule has 2 aliphatic heterocycles. The molecule has 4 aromatic heterocycles. The van der Waals surface area contributed by atoms with Crippen LogP contribution in [0.2, 0.25) is 0 Å². The Hall–Kier alpha value is -4.10. The third-order valence-corrected chi connectivity index (χ3v) is 10.3. The molecule has 0 aliphatic carbocycles. The van der Waals surface area contributed by atoms with Crippen molar-refractivity contribution in [2.45, 2.75) is 101 Å². The number of carbonyl (C=O) groups excluding carboxylic acids is 4. The van der Waals surface area contributed by atoms with Crippen LogP contribution in [-0.4, -0.2) is 125 Å². The van der Waals surface area contributed by atoms with Crippen molar-refractivity contribution < 1.29 is 28.7 Å². The van der Waals surface area contributed by atoms with Gasteiger partial charge in [-0.1, -0.05) is 0 Å². The van der Waals surface area contributed by atoms with E-state index in [9.17, 15) is 19.2 Å². The van der Waals surface area contributed by atoms with E-state index in [4.69, 9.17) is 9.47 Å². The van der Waals surface area contributed by atoms with Crippen molar-refractivity contribution in [2.75, 3.05) is 38.7 Å². The molecule has 2 saturated heterocycles. The second kappa shape index (κ2) is 17.8. The van der Waals surface area contributed by atoms with Crippen LogP contribution in [0.25, 0.3) is 11.3 Å². The zero-order valence-corrected chi connectivity index (χ0v) is 35.6. The van der Waals surface area contributed by atoms with Crippen LogP contribution in [0.4, 0.5) is 9.59 Å². The van der Waals surface area contributed by atoms with E-state index in [-0.39, 0.29) is 36.1 Å². The molecular weight excluding hydrogens is 812 g/mol. The zero-order valence-electron chi connectivity index (χ0n) is 32.4. The lowest BCUT2D eigenvalue weighted by atomic mass is 10.1. The first-order valence-electron chi connectivity index (χ1n) is 18.0. The molecule has 2 N–H and O–H groups in total. The SMILES string of the molecule is CSc1nc(C(=O)NC2CCCN(C(=O)OC(C)(C)C)C2)cn2c(Br)cnc12.CSc1nc(C(=O)NC2CCCN(C(=O)OC(C)(C)C)C2)cn2ccnc12. The molecule has 6 rings (SSSR count). The number of nitrogens with zero attached hydrogens (tertiary/aromatic N) is 8. The number of imidazole rings is 2. The third kappa shape index (κ3) is 11.2. The summed E-state index contributed by atoms with van der Waals surface area (Å²) in [6, 6.07) is -0.271. The predicted molar refractivity (Wildman–Crippen MR) is 214 cm³/mol. The number of hydrogen-bond acceptors (Lipinski definition) is 12. The topological polar surface area (TPSA) is 178 Å². The Balaban J connectivity index is 0.000000211. The van der Waals surface area contributed by atoms with Gasteiger partial charge in [-0.3, -0.25) is 14.0 Å². The first-order valence-corrected chi connectivity index (χ1v) is 21.2. The van der Waals surface area contributed by atoms with Crippen molar-refractivity contribution in [1.29, 1.82) is 0 Å². The Kier molecular flexibility index (Phi) is 13.6. The van der Waals surface area contributed by atoms with Gasteiger partial charge in [-0.15, -0.1) is 23.5 Å². The number of piperidine rings is 2. The highest BCUT2D eigenvalue weighted by atomic mass is 79.9. The summed E-state index contributed by atoms with van der Waals surface area (Å²) in [7, 11) is 0. The second-order valence-electron chi connectivity index (χ2n) is 15.2. The van der Waals surface area contributed by atoms with Crippen LogP contribution in [0.1, 0.15) is 88.2 Å². The number of aromatic nitrogens is 6. The highest BCUT2D eigenvalue weighted by Gasteiger charge is 2.30. The van der Waals surface area contributed by atoms with E-state index in [1.165, 1.54) is 23.5 Å². The average molecular weight is 862 g/mol. The molecule has 0 radical (unpaired) electrons. The van der Waals surface area contributed by atoms with Crippen molar-refractivity contribution in [3.05, 3.63) is 47.0 Å². The summed E-state index contributed by atoms with van der Waals surface area (Å²) in [5.74, 6) is -0.522. The second-order valence-corrected chi connectivity index (χ2v) is 17.6. The highest BCUT2D eigenvalue weighted by Crippen LogP contribution is 2.24. The summed E-state index contributed by atoms with van der Waals surface area (Å²) in [6.45, 7) is 13.2. The molecule has 2 atom stereocenters. The lowest BCUT2D eigenvalue weighted by Gasteiger charge is -2.34. The van der Waals surface area contributed by atoms with E-state index in [2.05, 4.69) is 46.5 Å². The van der Waals surface area contributed by atoms with Crippen molar-refractivity contribution in [1.82, 2.24) is 49.2 Å². The summed E-state index contributed by atoms with van der Waals surface area (Å²) in [4.78, 5) is 70.8. The standard InChI is InChI=1S/C18H24BrN5O3S.C18H25N5O3S/c1-18(2,3)27-17(26)23-7-5-6-11(9-23)21-15(25)12-10-24-13(19)8-20-14(24)16(22-12)28-4;1-18(2,3)26-17(25)23-8-5-6-12(10-23)20-15(24)13-11-22-9-7-19-14(22)16(21-13)27-4/h8,10-11H,5-7,9H2,1-4H3,(H,21,25);7,9,11-12H,5-6,8,10H2,1-4H3,(H,20,24). The van der Waals surface area contributed by atoms with Crippen LogP contribution in [-0.2, 0) is 9.47 Å². The largest absolute Gasteiger partial charge is 0.444 e. The Morgan fingerprint density at radius 1 is 0.764 bits per heavy atom. The Morgan fingerprint density at radius 3 is 1.75 bits per heavy atom. The number of amides is 4. The van der Waals surface area contributed by atoms with Crippen LogP contribution >= 0.6 is 39.5 Å². The van der Waals surface area contributed by atoms with Crippen LogP contribution in [0.3, 0.4) is 0 Å². The summed E-state index contributed by atoms with van der Waals surface area (Å²) < 4.78 is 15.2. The summed E-state index contributed by atoms with van der Waals surface area (Å²) in [6.07, 6.45) is 14.8. The molecule has 19 heteroatoms. The summed E-state index contributed by atoms with van der Waals surface area (Å²) in [5, 5.41) is 7.38. The van der Waals surface area contributed by atoms with Crippen LogP contribution < -0.4 is 10.6 Å². The molecule has 0 aromatic carbocycles. The molecule has 4 amide bonds. The molecule has 16 nitrogen and oxygen atoms in total. The third-order valence-electron chi connectivity index (χ3n) is 8.43. The van der Waals surface area contributed by atoms with Crippen molar-refractivity contribution >= 4 is 74.7 Å². The van der Waals surface area contributed by atoms with Gasteiger partial charge in [0.1, 0.15) is 37.2 Å². The normalized spacial score (nSPS) is 17.7. The fourth-order valence-corrected chi connectivity index (χ4v) is 7.45. The summed E-state index contributed by atoms with van der Waals surface area (Å²) >= 11 is 6.31. The maximum Gasteiger partial charge on any atom is 0.410 e. The maximum atomic E-state index is 12.8. The minimum Gasteiger partial charge on any atom is -0.444 e. The van der Waals surface area contributed by atoms with E-state index >= 15 is 0 Å². The van der Waals surface area contributed by atoms with Gasteiger partial charge in [-0.25, -0.2) is 29.5 Å². The lowest BCUT2D eigenvalue weighted by molar-refractivity contribution is 0.0178. The monoisotopic (exact) mass is 860 g/mol. The molecular formula is C36H49BrN10O6S2. The van der Waals surface area contributed by atoms with Gasteiger partial charge in [-0.05, 0) is 95.7 Å². The molecule has 55 heavy (non-hydrogen) atoms. The molecule has 2 fully saturated rings. The van der Waals surface area contributed by atoms with Crippen molar-refractivity contribution in [3.63, 3.8) is 0 Å². The van der Waals surface area contributed by atoms with Crippen LogP contribution in [0.5, 0.6) is 0 Å². The van der Waals surface area contributed by atoms with Gasteiger partial charge >= 0.3 is 12.2 Å². The molecule has 0 saturated carbocycles. The van der Waals surface area contributed by atoms with Crippen molar-refractivity contribution in [2.24, 2.45) is 0 Å². The smallest absolute Gasteiger partial charge is 0.410 e. The first kappa shape index (κ1) is 42.1. The molecule has 298 valence electrons. The number of fused-ring (bicyclic) bond motifs is 2. The Bertz CT molecular complexity index is 2030. The summed E-state index contributed by atoms with van der Waals surface area (Å²) in [5.41, 5.74) is 0.992. The molecule has 2 unspecified atom stereocenters. The number of likely N-dealkylation sites (tertiary alicyclic amines) is 2. The van der Waals surface area contributed by atoms with Gasteiger partial charge in [-0.2, -0.15) is 0 Å². The number of ether oxygens (including phenoxy) is 2. The number of thioether (sulfide) groups is 2. The quantitative estimate of drug-likeness (QED) is 0.219. The van der Waals surface area contributed by atoms with Crippen LogP contribution in [0.15, 0.2) is 45.6 Å². The van der Waals surface area contributed by atoms with E-state index in [1.807, 2.05) is 54.1 Å². The fraction of sp³-hybridized carbons (Fsp3) is 0.556. The van der Waals surface area contributed by atoms with Gasteiger partial charge in [0.15, 0.2) is 11.3 Å². The van der Waals surface area contributed by atoms with Gasteiger partial charge in [0, 0.05) is 63.1 Å². The fourth-order valence-electron chi connectivity index (χ4n) is 6.02. The van der Waals surface area contributed by atoms with Crippen molar-refractivity contribution in [3.8, 4) is 0 Å². The highest BCUT2D eigenvalue weighted by molar-refractivity contribution is 9.10. The zero-order chi connectivity index (χ0) is 40.1. The lowest BCUT2D eigenvalue weighted by Crippen LogP contribution is -2.50. The first-order chi connectivity index (χ1) is 25.9. The minimum absolute atomic E-state index is 0.128. The average Bonchev–Trinajstić information content (AvgIpc) is 3.76. The molecule has 6 heterocycles. The number of hydrogen-bond donors (Lipinski definition) is 2. The van der Waals surface area contributed by atoms with Gasteiger partial charge in [0.25, 0.3) is 11.8 Å². The van der Waals surface area contributed by atoms with E-state index in [1.54, 1.807) is 49.6 Å². The number of halogens is 1. The molecule has 2 aliphatic rings. The Labute approximate surface area is 337 Å². The number of carbonyl (C=O) groups is 4. The molecule has 0 bridgehead atoms. The Morgan fingerprint density at radius 2 is 1.25 bits per heavy atom. The minimum atomic E-state index is -0.543. The van der Waals surface area contributed by atoms with E-state index < -0.39 is 11.2 Å². The number of nitrogens with one attached hydrogen (secondary N) is 2.